The molecule has 0 aromatic heterocycles. The van der Waals surface area contributed by atoms with E-state index >= 15 is 0 Å². The average Bonchev–Trinajstić information content (AvgIpc) is 2.42. The van der Waals surface area contributed by atoms with Gasteiger partial charge in [0.25, 0.3) is 0 Å². The lowest BCUT2D eigenvalue weighted by atomic mass is 10.3. The zero-order valence-corrected chi connectivity index (χ0v) is 9.64. The molecular formula is C8H12N8O2. The van der Waals surface area contributed by atoms with Gasteiger partial charge in [0.15, 0.2) is 0 Å². The Morgan fingerprint density at radius 2 is 1.22 bits per heavy atom. The summed E-state index contributed by atoms with van der Waals surface area (Å²) < 4.78 is 0. The highest BCUT2D eigenvalue weighted by molar-refractivity contribution is 5.80. The molecule has 0 atom stereocenters. The molecule has 96 valence electrons. The molecule has 1 heterocycles. The highest BCUT2D eigenvalue weighted by Crippen LogP contribution is 2.03. The number of hydrogen-bond acceptors (Lipinski definition) is 4. The maximum Gasteiger partial charge on any atom is 0.228 e. The fraction of sp³-hybridized carbons (Fsp3) is 0.750. The van der Waals surface area contributed by atoms with E-state index in [9.17, 15) is 9.59 Å². The van der Waals surface area contributed by atoms with Crippen molar-refractivity contribution in [3.8, 4) is 0 Å². The molecule has 0 radical (unpaired) electrons. The van der Waals surface area contributed by atoms with Gasteiger partial charge in [-0.2, -0.15) is 0 Å². The predicted octanol–water partition coefficient (Wildman–Crippen LogP) is 0.278. The maximum absolute atomic E-state index is 11.5. The minimum absolute atomic E-state index is 0.205. The van der Waals surface area contributed by atoms with E-state index in [1.807, 2.05) is 0 Å². The Labute approximate surface area is 102 Å². The van der Waals surface area contributed by atoms with Gasteiger partial charge < -0.3 is 9.80 Å². The van der Waals surface area contributed by atoms with Crippen molar-refractivity contribution in [3.63, 3.8) is 0 Å². The lowest BCUT2D eigenvalue weighted by molar-refractivity contribution is -0.137. The third-order valence-corrected chi connectivity index (χ3v) is 2.52. The first kappa shape index (κ1) is 13.6. The van der Waals surface area contributed by atoms with Crippen LogP contribution in [0.2, 0.25) is 0 Å². The number of nitrogens with zero attached hydrogens (tertiary/aromatic N) is 8. The van der Waals surface area contributed by atoms with Crippen LogP contribution in [-0.4, -0.2) is 60.9 Å². The van der Waals surface area contributed by atoms with Crippen LogP contribution in [-0.2, 0) is 9.59 Å². The first-order chi connectivity index (χ1) is 8.69. The highest BCUT2D eigenvalue weighted by Gasteiger charge is 2.22. The van der Waals surface area contributed by atoms with Crippen LogP contribution in [0, 0.1) is 0 Å². The summed E-state index contributed by atoms with van der Waals surface area (Å²) in [4.78, 5) is 31.1. The van der Waals surface area contributed by atoms with E-state index in [4.69, 9.17) is 11.1 Å². The van der Waals surface area contributed by atoms with Gasteiger partial charge in [-0.25, -0.2) is 0 Å². The molecule has 10 heteroatoms. The summed E-state index contributed by atoms with van der Waals surface area (Å²) in [6.45, 7) is 1.15. The molecule has 0 aromatic carbocycles. The summed E-state index contributed by atoms with van der Waals surface area (Å²) in [7, 11) is 0. The number of carbonyl (C=O) groups is 2. The molecule has 0 aliphatic carbocycles. The van der Waals surface area contributed by atoms with E-state index in [0.29, 0.717) is 26.2 Å². The molecule has 1 aliphatic heterocycles. The van der Waals surface area contributed by atoms with Gasteiger partial charge in [-0.3, -0.25) is 9.59 Å². The van der Waals surface area contributed by atoms with Gasteiger partial charge in [-0.15, -0.1) is 0 Å². The molecule has 0 saturated carbocycles. The zero-order valence-electron chi connectivity index (χ0n) is 9.64. The normalized spacial score (nSPS) is 14.4. The van der Waals surface area contributed by atoms with E-state index in [-0.39, 0.29) is 24.9 Å². The Bertz CT molecular complexity index is 375. The molecular weight excluding hydrogens is 240 g/mol. The van der Waals surface area contributed by atoms with Crippen LogP contribution in [0.15, 0.2) is 10.2 Å². The fourth-order valence-electron chi connectivity index (χ4n) is 1.59. The van der Waals surface area contributed by atoms with Crippen molar-refractivity contribution in [2.45, 2.75) is 0 Å². The predicted molar refractivity (Wildman–Crippen MR) is 61.2 cm³/mol. The molecule has 1 fully saturated rings. The second-order valence-corrected chi connectivity index (χ2v) is 3.54. The zero-order chi connectivity index (χ0) is 13.4. The summed E-state index contributed by atoms with van der Waals surface area (Å²) in [6, 6.07) is 0. The van der Waals surface area contributed by atoms with Crippen LogP contribution < -0.4 is 0 Å². The third kappa shape index (κ3) is 3.85. The molecule has 0 bridgehead atoms. The number of amides is 2. The lowest BCUT2D eigenvalue weighted by Gasteiger charge is -2.34. The van der Waals surface area contributed by atoms with Crippen molar-refractivity contribution >= 4 is 11.8 Å². The lowest BCUT2D eigenvalue weighted by Crippen LogP contribution is -2.51. The highest BCUT2D eigenvalue weighted by atomic mass is 16.2. The van der Waals surface area contributed by atoms with Crippen molar-refractivity contribution in [3.05, 3.63) is 20.9 Å². The summed E-state index contributed by atoms with van der Waals surface area (Å²) >= 11 is 0. The molecule has 0 spiro atoms. The van der Waals surface area contributed by atoms with Gasteiger partial charge >= 0.3 is 0 Å². The first-order valence-corrected chi connectivity index (χ1v) is 5.26. The van der Waals surface area contributed by atoms with Gasteiger partial charge in [0.05, 0.1) is 0 Å². The van der Waals surface area contributed by atoms with Gasteiger partial charge in [0.2, 0.25) is 11.8 Å². The van der Waals surface area contributed by atoms with Crippen molar-refractivity contribution in [2.24, 2.45) is 10.2 Å². The number of rotatable bonds is 4. The Kier molecular flexibility index (Phi) is 5.30. The molecule has 0 unspecified atom stereocenters. The molecule has 1 rings (SSSR count). The Morgan fingerprint density at radius 1 is 0.889 bits per heavy atom. The number of carbonyl (C=O) groups excluding carboxylic acids is 2. The minimum Gasteiger partial charge on any atom is -0.339 e. The van der Waals surface area contributed by atoms with Crippen molar-refractivity contribution in [1.82, 2.24) is 9.80 Å². The van der Waals surface area contributed by atoms with Crippen LogP contribution in [0.1, 0.15) is 0 Å². The number of hydrogen-bond donors (Lipinski definition) is 0. The average molecular weight is 252 g/mol. The molecule has 1 aliphatic rings. The molecule has 10 nitrogen and oxygen atoms in total. The van der Waals surface area contributed by atoms with Gasteiger partial charge in [-0.05, 0) is 11.1 Å². The van der Waals surface area contributed by atoms with E-state index in [1.165, 1.54) is 9.80 Å². The summed E-state index contributed by atoms with van der Waals surface area (Å²) in [5.41, 5.74) is 16.2. The monoisotopic (exact) mass is 252 g/mol. The van der Waals surface area contributed by atoms with Crippen LogP contribution in [0.5, 0.6) is 0 Å². The molecule has 18 heavy (non-hydrogen) atoms. The second-order valence-electron chi connectivity index (χ2n) is 3.54. The van der Waals surface area contributed by atoms with Gasteiger partial charge in [0, 0.05) is 36.0 Å². The van der Waals surface area contributed by atoms with Crippen LogP contribution in [0.4, 0.5) is 0 Å². The largest absolute Gasteiger partial charge is 0.339 e. The van der Waals surface area contributed by atoms with E-state index < -0.39 is 0 Å². The molecule has 0 N–H and O–H groups in total. The van der Waals surface area contributed by atoms with E-state index in [0.717, 1.165) is 0 Å². The summed E-state index contributed by atoms with van der Waals surface area (Å²) in [5, 5.41) is 6.39. The Balaban J connectivity index is 2.40. The SMILES string of the molecule is [N-]=[N+]=NCC(=O)N1CCN(C(=O)CN=[N+]=[N-])CC1. The molecule has 2 amide bonds. The van der Waals surface area contributed by atoms with Crippen molar-refractivity contribution < 1.29 is 9.59 Å². The summed E-state index contributed by atoms with van der Waals surface area (Å²) in [6.07, 6.45) is 0. The first-order valence-electron chi connectivity index (χ1n) is 5.26. The topological polar surface area (TPSA) is 138 Å². The second kappa shape index (κ2) is 7.00. The van der Waals surface area contributed by atoms with Crippen LogP contribution >= 0.6 is 0 Å². The van der Waals surface area contributed by atoms with Crippen LogP contribution in [0.25, 0.3) is 20.9 Å². The molecule has 0 aromatic rings. The number of piperazine rings is 1. The fourth-order valence-corrected chi connectivity index (χ4v) is 1.59. The van der Waals surface area contributed by atoms with Crippen molar-refractivity contribution in [2.75, 3.05) is 39.3 Å². The van der Waals surface area contributed by atoms with Gasteiger partial charge in [-0.1, -0.05) is 10.2 Å². The molecule has 1 saturated heterocycles. The summed E-state index contributed by atoms with van der Waals surface area (Å²) in [5.74, 6) is -0.509. The van der Waals surface area contributed by atoms with Gasteiger partial charge in [0.1, 0.15) is 13.1 Å². The standard InChI is InChI=1S/C8H12N8O2/c9-13-11-5-7(17)15-1-2-16(4-3-15)8(18)6-12-14-10/h1-6H2. The third-order valence-electron chi connectivity index (χ3n) is 2.52. The van der Waals surface area contributed by atoms with E-state index in [1.54, 1.807) is 0 Å². The smallest absolute Gasteiger partial charge is 0.228 e. The minimum atomic E-state index is -0.255. The van der Waals surface area contributed by atoms with Crippen LogP contribution in [0.3, 0.4) is 0 Å². The number of azide groups is 2. The van der Waals surface area contributed by atoms with Crippen molar-refractivity contribution in [1.29, 1.82) is 0 Å². The quantitative estimate of drug-likeness (QED) is 0.403. The Morgan fingerprint density at radius 3 is 1.50 bits per heavy atom. The maximum atomic E-state index is 11.5. The Hall–Kier alpha value is -2.44. The van der Waals surface area contributed by atoms with E-state index in [2.05, 4.69) is 20.1 Å².